The summed E-state index contributed by atoms with van der Waals surface area (Å²) < 4.78 is 1.76. The van der Waals surface area contributed by atoms with E-state index in [4.69, 9.17) is 0 Å². The molecule has 0 aromatic carbocycles. The maximum Gasteiger partial charge on any atom is 0.283 e. The first-order valence-electron chi connectivity index (χ1n) is 6.61. The summed E-state index contributed by atoms with van der Waals surface area (Å²) in [4.78, 5) is 25.7. The summed E-state index contributed by atoms with van der Waals surface area (Å²) in [6, 6.07) is 0. The lowest BCUT2D eigenvalue weighted by molar-refractivity contribution is -0.129. The number of piperazine rings is 1. The number of nitrogens with zero attached hydrogens (tertiary/aromatic N) is 3. The van der Waals surface area contributed by atoms with Gasteiger partial charge in [0.1, 0.15) is 4.47 Å². The fraction of sp³-hybridized carbons (Fsp3) is 0.583. The standard InChI is InChI=1S/C12H18BrN5O2/c1-2-18-12(20)11(13)9(7-16-18)15-8-10(19)17-5-3-14-4-6-17/h7,14-15H,2-6,8H2,1H3. The molecule has 0 atom stereocenters. The van der Waals surface area contributed by atoms with E-state index in [1.165, 1.54) is 4.68 Å². The van der Waals surface area contributed by atoms with Gasteiger partial charge in [0.25, 0.3) is 5.56 Å². The molecule has 0 saturated carbocycles. The van der Waals surface area contributed by atoms with Gasteiger partial charge in [-0.3, -0.25) is 9.59 Å². The number of rotatable bonds is 4. The Kier molecular flexibility index (Phi) is 5.13. The molecule has 0 aliphatic carbocycles. The van der Waals surface area contributed by atoms with Crippen LogP contribution in [-0.2, 0) is 11.3 Å². The molecule has 7 nitrogen and oxygen atoms in total. The Morgan fingerprint density at radius 2 is 2.20 bits per heavy atom. The van der Waals surface area contributed by atoms with Crippen LogP contribution < -0.4 is 16.2 Å². The Labute approximate surface area is 125 Å². The number of amides is 1. The summed E-state index contributed by atoms with van der Waals surface area (Å²) in [5, 5.41) is 10.2. The van der Waals surface area contributed by atoms with E-state index in [2.05, 4.69) is 31.7 Å². The molecule has 2 heterocycles. The molecular formula is C12H18BrN5O2. The normalized spacial score (nSPS) is 15.2. The second-order valence-corrected chi connectivity index (χ2v) is 5.27. The van der Waals surface area contributed by atoms with Crippen LogP contribution in [0.15, 0.2) is 15.5 Å². The molecule has 2 rings (SSSR count). The lowest BCUT2D eigenvalue weighted by atomic mass is 10.3. The van der Waals surface area contributed by atoms with Crippen LogP contribution >= 0.6 is 15.9 Å². The third kappa shape index (κ3) is 3.37. The molecular weight excluding hydrogens is 326 g/mol. The Morgan fingerprint density at radius 3 is 2.85 bits per heavy atom. The zero-order valence-electron chi connectivity index (χ0n) is 11.4. The van der Waals surface area contributed by atoms with Crippen molar-refractivity contribution in [1.82, 2.24) is 20.0 Å². The van der Waals surface area contributed by atoms with Gasteiger partial charge >= 0.3 is 0 Å². The number of halogens is 1. The third-order valence-corrected chi connectivity index (χ3v) is 3.95. The van der Waals surface area contributed by atoms with Gasteiger partial charge in [0.2, 0.25) is 5.91 Å². The van der Waals surface area contributed by atoms with Gasteiger partial charge in [-0.2, -0.15) is 5.10 Å². The lowest BCUT2D eigenvalue weighted by Gasteiger charge is -2.27. The molecule has 1 aromatic rings. The van der Waals surface area contributed by atoms with Crippen molar-refractivity contribution in [2.45, 2.75) is 13.5 Å². The fourth-order valence-corrected chi connectivity index (χ4v) is 2.46. The first kappa shape index (κ1) is 15.0. The lowest BCUT2D eigenvalue weighted by Crippen LogP contribution is -2.48. The SMILES string of the molecule is CCn1ncc(NCC(=O)N2CCNCC2)c(Br)c1=O. The summed E-state index contributed by atoms with van der Waals surface area (Å²) in [5.74, 6) is 0.0260. The molecule has 1 amide bonds. The smallest absolute Gasteiger partial charge is 0.283 e. The molecule has 0 unspecified atom stereocenters. The number of hydrogen-bond donors (Lipinski definition) is 2. The van der Waals surface area contributed by atoms with Gasteiger partial charge in [-0.05, 0) is 22.9 Å². The predicted octanol–water partition coefficient (Wildman–Crippen LogP) is -0.131. The second-order valence-electron chi connectivity index (χ2n) is 4.48. The highest BCUT2D eigenvalue weighted by Gasteiger charge is 2.16. The Hall–Kier alpha value is -1.41. The average Bonchev–Trinajstić information content (AvgIpc) is 2.49. The van der Waals surface area contributed by atoms with E-state index in [0.717, 1.165) is 26.2 Å². The molecule has 1 saturated heterocycles. The summed E-state index contributed by atoms with van der Waals surface area (Å²) in [7, 11) is 0. The van der Waals surface area contributed by atoms with Crippen LogP contribution in [0.1, 0.15) is 6.92 Å². The van der Waals surface area contributed by atoms with E-state index in [1.54, 1.807) is 11.1 Å². The van der Waals surface area contributed by atoms with Gasteiger partial charge in [0, 0.05) is 32.7 Å². The first-order chi connectivity index (χ1) is 9.63. The molecule has 8 heteroatoms. The summed E-state index contributed by atoms with van der Waals surface area (Å²) in [5.41, 5.74) is 0.343. The summed E-state index contributed by atoms with van der Waals surface area (Å²) in [6.07, 6.45) is 1.56. The van der Waals surface area contributed by atoms with Crippen LogP contribution in [0, 0.1) is 0 Å². The molecule has 1 fully saturated rings. The topological polar surface area (TPSA) is 79.3 Å². The zero-order chi connectivity index (χ0) is 14.5. The Bertz CT molecular complexity index is 539. The quantitative estimate of drug-likeness (QED) is 0.796. The van der Waals surface area contributed by atoms with Gasteiger partial charge in [-0.15, -0.1) is 0 Å². The van der Waals surface area contributed by atoms with Gasteiger partial charge in [-0.1, -0.05) is 0 Å². The van der Waals surface area contributed by atoms with Gasteiger partial charge in [-0.25, -0.2) is 4.68 Å². The van der Waals surface area contributed by atoms with Crippen LogP contribution in [0.5, 0.6) is 0 Å². The van der Waals surface area contributed by atoms with Crippen LogP contribution in [0.2, 0.25) is 0 Å². The maximum absolute atomic E-state index is 12.0. The largest absolute Gasteiger partial charge is 0.374 e. The third-order valence-electron chi connectivity index (χ3n) is 3.18. The number of nitrogens with one attached hydrogen (secondary N) is 2. The molecule has 0 spiro atoms. The second kappa shape index (κ2) is 6.85. The molecule has 2 N–H and O–H groups in total. The number of aryl methyl sites for hydroxylation is 1. The maximum atomic E-state index is 12.0. The predicted molar refractivity (Wildman–Crippen MR) is 79.8 cm³/mol. The fourth-order valence-electron chi connectivity index (χ4n) is 2.01. The van der Waals surface area contributed by atoms with Crippen molar-refractivity contribution in [2.24, 2.45) is 0 Å². The number of hydrogen-bond acceptors (Lipinski definition) is 5. The van der Waals surface area contributed by atoms with Crippen molar-refractivity contribution in [2.75, 3.05) is 38.0 Å². The highest BCUT2D eigenvalue weighted by molar-refractivity contribution is 9.10. The van der Waals surface area contributed by atoms with Gasteiger partial charge in [0.05, 0.1) is 18.4 Å². The minimum absolute atomic E-state index is 0.0260. The molecule has 0 radical (unpaired) electrons. The minimum atomic E-state index is -0.202. The van der Waals surface area contributed by atoms with Crippen molar-refractivity contribution in [3.63, 3.8) is 0 Å². The highest BCUT2D eigenvalue weighted by Crippen LogP contribution is 2.15. The Balaban J connectivity index is 1.98. The van der Waals surface area contributed by atoms with E-state index in [1.807, 2.05) is 6.92 Å². The Morgan fingerprint density at radius 1 is 1.50 bits per heavy atom. The van der Waals surface area contributed by atoms with Crippen LogP contribution in [0.25, 0.3) is 0 Å². The van der Waals surface area contributed by atoms with Crippen molar-refractivity contribution in [1.29, 1.82) is 0 Å². The highest BCUT2D eigenvalue weighted by atomic mass is 79.9. The summed E-state index contributed by atoms with van der Waals surface area (Å²) >= 11 is 3.25. The van der Waals surface area contributed by atoms with Crippen molar-refractivity contribution in [3.8, 4) is 0 Å². The van der Waals surface area contributed by atoms with Crippen LogP contribution in [-0.4, -0.2) is 53.3 Å². The molecule has 20 heavy (non-hydrogen) atoms. The van der Waals surface area contributed by atoms with Gasteiger partial charge in [0.15, 0.2) is 0 Å². The van der Waals surface area contributed by atoms with Crippen LogP contribution in [0.3, 0.4) is 0 Å². The van der Waals surface area contributed by atoms with Crippen molar-refractivity contribution in [3.05, 3.63) is 21.0 Å². The van der Waals surface area contributed by atoms with E-state index in [9.17, 15) is 9.59 Å². The van der Waals surface area contributed by atoms with E-state index in [0.29, 0.717) is 16.7 Å². The van der Waals surface area contributed by atoms with E-state index >= 15 is 0 Å². The number of carbonyl (C=O) groups is 1. The van der Waals surface area contributed by atoms with Crippen molar-refractivity contribution < 1.29 is 4.79 Å². The molecule has 0 bridgehead atoms. The van der Waals surface area contributed by atoms with Gasteiger partial charge < -0.3 is 15.5 Å². The average molecular weight is 344 g/mol. The van der Waals surface area contributed by atoms with E-state index < -0.39 is 0 Å². The monoisotopic (exact) mass is 343 g/mol. The number of aromatic nitrogens is 2. The van der Waals surface area contributed by atoms with Crippen molar-refractivity contribution >= 4 is 27.5 Å². The number of carbonyl (C=O) groups excluding carboxylic acids is 1. The molecule has 1 aromatic heterocycles. The van der Waals surface area contributed by atoms with Crippen LogP contribution in [0.4, 0.5) is 5.69 Å². The molecule has 110 valence electrons. The summed E-state index contributed by atoms with van der Waals surface area (Å²) in [6.45, 7) is 5.61. The first-order valence-corrected chi connectivity index (χ1v) is 7.40. The molecule has 1 aliphatic heterocycles. The van der Waals surface area contributed by atoms with E-state index in [-0.39, 0.29) is 18.0 Å². The zero-order valence-corrected chi connectivity index (χ0v) is 12.9. The number of anilines is 1. The minimum Gasteiger partial charge on any atom is -0.374 e. The molecule has 1 aliphatic rings.